The van der Waals surface area contributed by atoms with Gasteiger partial charge in [0.2, 0.25) is 5.91 Å². The number of carbonyl (C=O) groups is 2. The van der Waals surface area contributed by atoms with Gasteiger partial charge in [-0.15, -0.1) is 0 Å². The third-order valence-corrected chi connectivity index (χ3v) is 4.22. The first-order valence-corrected chi connectivity index (χ1v) is 8.54. The van der Waals surface area contributed by atoms with Gasteiger partial charge in [0.25, 0.3) is 0 Å². The molecule has 0 aromatic carbocycles. The number of hydrogen-bond acceptors (Lipinski definition) is 3. The highest BCUT2D eigenvalue weighted by molar-refractivity contribution is 5.80. The summed E-state index contributed by atoms with van der Waals surface area (Å²) in [5.74, 6) is 1.26. The molecular weight excluding hydrogens is 264 g/mol. The largest absolute Gasteiger partial charge is 0.340 e. The lowest BCUT2D eigenvalue weighted by atomic mass is 10.1. The highest BCUT2D eigenvalue weighted by atomic mass is 16.2. The zero-order valence-electron chi connectivity index (χ0n) is 14.1. The fourth-order valence-electron chi connectivity index (χ4n) is 2.72. The molecule has 0 atom stereocenters. The molecule has 0 bridgehead atoms. The van der Waals surface area contributed by atoms with Crippen molar-refractivity contribution in [3.8, 4) is 0 Å². The van der Waals surface area contributed by atoms with Crippen LogP contribution in [0.2, 0.25) is 0 Å². The number of nitrogens with zero attached hydrogens (tertiary/aromatic N) is 2. The Morgan fingerprint density at radius 3 is 2.24 bits per heavy atom. The number of Topliss-reactive ketones (excluding diaryl/α,β-unsaturated/α-hetero) is 1. The van der Waals surface area contributed by atoms with E-state index < -0.39 is 0 Å². The standard InChI is InChI=1S/C17H32N2O2/c1-4-16(20)8-5-9-17(21)19-13-11-18(12-14-19)10-6-7-15(2)3/h15H,4-14H2,1-3H3. The second kappa shape index (κ2) is 9.93. The lowest BCUT2D eigenvalue weighted by Crippen LogP contribution is -2.48. The first kappa shape index (κ1) is 18.1. The molecule has 21 heavy (non-hydrogen) atoms. The molecule has 0 N–H and O–H groups in total. The Kier molecular flexibility index (Phi) is 8.58. The van der Waals surface area contributed by atoms with Crippen molar-refractivity contribution in [2.75, 3.05) is 32.7 Å². The van der Waals surface area contributed by atoms with Crippen molar-refractivity contribution in [3.63, 3.8) is 0 Å². The summed E-state index contributed by atoms with van der Waals surface area (Å²) in [6, 6.07) is 0. The summed E-state index contributed by atoms with van der Waals surface area (Å²) < 4.78 is 0. The Labute approximate surface area is 129 Å². The molecule has 1 rings (SSSR count). The fraction of sp³-hybridized carbons (Fsp3) is 0.882. The van der Waals surface area contributed by atoms with Gasteiger partial charge < -0.3 is 4.90 Å². The van der Waals surface area contributed by atoms with Crippen LogP contribution in [0.1, 0.15) is 59.3 Å². The Hall–Kier alpha value is -0.900. The Balaban J connectivity index is 2.14. The van der Waals surface area contributed by atoms with E-state index in [1.54, 1.807) is 0 Å². The summed E-state index contributed by atoms with van der Waals surface area (Å²) in [4.78, 5) is 27.7. The van der Waals surface area contributed by atoms with Gasteiger partial charge in [0.05, 0.1) is 0 Å². The molecule has 0 unspecified atom stereocenters. The molecule has 1 saturated heterocycles. The lowest BCUT2D eigenvalue weighted by Gasteiger charge is -2.35. The van der Waals surface area contributed by atoms with E-state index in [1.165, 1.54) is 12.8 Å². The second-order valence-electron chi connectivity index (χ2n) is 6.50. The van der Waals surface area contributed by atoms with Crippen molar-refractivity contribution in [2.24, 2.45) is 5.92 Å². The maximum atomic E-state index is 12.1. The van der Waals surface area contributed by atoms with Gasteiger partial charge in [0, 0.05) is 45.4 Å². The topological polar surface area (TPSA) is 40.6 Å². The zero-order valence-corrected chi connectivity index (χ0v) is 14.1. The zero-order chi connectivity index (χ0) is 15.7. The Morgan fingerprint density at radius 2 is 1.67 bits per heavy atom. The van der Waals surface area contributed by atoms with E-state index in [4.69, 9.17) is 0 Å². The summed E-state index contributed by atoms with van der Waals surface area (Å²) in [6.07, 6.45) is 4.91. The number of piperazine rings is 1. The molecule has 0 saturated carbocycles. The van der Waals surface area contributed by atoms with Crippen molar-refractivity contribution in [1.82, 2.24) is 9.80 Å². The summed E-state index contributed by atoms with van der Waals surface area (Å²) in [6.45, 7) is 11.3. The number of rotatable bonds is 9. The molecule has 0 aromatic rings. The van der Waals surface area contributed by atoms with E-state index in [9.17, 15) is 9.59 Å². The summed E-state index contributed by atoms with van der Waals surface area (Å²) >= 11 is 0. The predicted molar refractivity (Wildman–Crippen MR) is 86.2 cm³/mol. The van der Waals surface area contributed by atoms with Crippen LogP contribution in [0, 0.1) is 5.92 Å². The maximum Gasteiger partial charge on any atom is 0.222 e. The van der Waals surface area contributed by atoms with Crippen LogP contribution in [0.4, 0.5) is 0 Å². The monoisotopic (exact) mass is 296 g/mol. The van der Waals surface area contributed by atoms with Crippen LogP contribution in [0.3, 0.4) is 0 Å². The minimum absolute atomic E-state index is 0.223. The third kappa shape index (κ3) is 7.60. The number of hydrogen-bond donors (Lipinski definition) is 0. The quantitative estimate of drug-likeness (QED) is 0.657. The molecule has 1 aliphatic rings. The second-order valence-corrected chi connectivity index (χ2v) is 6.50. The van der Waals surface area contributed by atoms with Gasteiger partial charge in [-0.05, 0) is 31.7 Å². The van der Waals surface area contributed by atoms with Crippen molar-refractivity contribution < 1.29 is 9.59 Å². The van der Waals surface area contributed by atoms with E-state index in [2.05, 4.69) is 18.7 Å². The van der Waals surface area contributed by atoms with E-state index in [0.717, 1.165) is 38.6 Å². The average molecular weight is 296 g/mol. The van der Waals surface area contributed by atoms with Gasteiger partial charge in [-0.1, -0.05) is 20.8 Å². The van der Waals surface area contributed by atoms with Crippen molar-refractivity contribution >= 4 is 11.7 Å². The molecule has 4 heteroatoms. The van der Waals surface area contributed by atoms with E-state index in [-0.39, 0.29) is 11.7 Å². The summed E-state index contributed by atoms with van der Waals surface area (Å²) in [5, 5.41) is 0. The van der Waals surface area contributed by atoms with Crippen LogP contribution in [0.25, 0.3) is 0 Å². The molecule has 0 radical (unpaired) electrons. The fourth-order valence-corrected chi connectivity index (χ4v) is 2.72. The molecule has 1 heterocycles. The third-order valence-electron chi connectivity index (χ3n) is 4.22. The van der Waals surface area contributed by atoms with Crippen LogP contribution >= 0.6 is 0 Å². The van der Waals surface area contributed by atoms with Crippen molar-refractivity contribution in [1.29, 1.82) is 0 Å². The van der Waals surface area contributed by atoms with Gasteiger partial charge in [0.15, 0.2) is 0 Å². The van der Waals surface area contributed by atoms with Gasteiger partial charge in [0.1, 0.15) is 5.78 Å². The first-order valence-electron chi connectivity index (χ1n) is 8.54. The molecule has 0 aromatic heterocycles. The molecule has 0 aliphatic carbocycles. The highest BCUT2D eigenvalue weighted by Crippen LogP contribution is 2.10. The maximum absolute atomic E-state index is 12.1. The molecule has 122 valence electrons. The van der Waals surface area contributed by atoms with Gasteiger partial charge in [-0.25, -0.2) is 0 Å². The van der Waals surface area contributed by atoms with Crippen LogP contribution in [-0.4, -0.2) is 54.2 Å². The molecule has 0 spiro atoms. The van der Waals surface area contributed by atoms with Crippen molar-refractivity contribution in [2.45, 2.75) is 59.3 Å². The number of amides is 1. The van der Waals surface area contributed by atoms with Crippen LogP contribution in [0.5, 0.6) is 0 Å². The predicted octanol–water partition coefficient (Wildman–Crippen LogP) is 2.72. The lowest BCUT2D eigenvalue weighted by molar-refractivity contribution is -0.133. The number of carbonyl (C=O) groups excluding carboxylic acids is 2. The average Bonchev–Trinajstić information content (AvgIpc) is 2.47. The smallest absolute Gasteiger partial charge is 0.222 e. The Bertz CT molecular complexity index is 321. The molecule has 1 fully saturated rings. The SMILES string of the molecule is CCC(=O)CCCC(=O)N1CCN(CCCC(C)C)CC1. The van der Waals surface area contributed by atoms with Gasteiger partial charge >= 0.3 is 0 Å². The minimum Gasteiger partial charge on any atom is -0.340 e. The van der Waals surface area contributed by atoms with E-state index in [1.807, 2.05) is 11.8 Å². The molecule has 1 amide bonds. The van der Waals surface area contributed by atoms with Crippen molar-refractivity contribution in [3.05, 3.63) is 0 Å². The van der Waals surface area contributed by atoms with Crippen LogP contribution < -0.4 is 0 Å². The number of ketones is 1. The molecule has 1 aliphatic heterocycles. The normalized spacial score (nSPS) is 16.5. The summed E-state index contributed by atoms with van der Waals surface area (Å²) in [5.41, 5.74) is 0. The Morgan fingerprint density at radius 1 is 1.00 bits per heavy atom. The molecular formula is C17H32N2O2. The van der Waals surface area contributed by atoms with E-state index in [0.29, 0.717) is 25.7 Å². The molecule has 4 nitrogen and oxygen atoms in total. The first-order chi connectivity index (χ1) is 10.0. The van der Waals surface area contributed by atoms with Gasteiger partial charge in [-0.3, -0.25) is 14.5 Å². The van der Waals surface area contributed by atoms with E-state index >= 15 is 0 Å². The van der Waals surface area contributed by atoms with Crippen LogP contribution in [-0.2, 0) is 9.59 Å². The van der Waals surface area contributed by atoms with Crippen LogP contribution in [0.15, 0.2) is 0 Å². The minimum atomic E-state index is 0.223. The van der Waals surface area contributed by atoms with Gasteiger partial charge in [-0.2, -0.15) is 0 Å². The summed E-state index contributed by atoms with van der Waals surface area (Å²) in [7, 11) is 0. The highest BCUT2D eigenvalue weighted by Gasteiger charge is 2.20.